The fraction of sp³-hybridized carbons (Fsp3) is 0.133. The maximum Gasteiger partial charge on any atom is 0.128 e. The zero-order chi connectivity index (χ0) is 13.7. The Morgan fingerprint density at radius 1 is 1.21 bits per heavy atom. The molecule has 0 bridgehead atoms. The summed E-state index contributed by atoms with van der Waals surface area (Å²) >= 11 is 8.27. The minimum Gasteiger partial charge on any atom is -0.493 e. The molecule has 4 heteroatoms. The number of aliphatic imine (C=N–C) groups is 1. The predicted molar refractivity (Wildman–Crippen MR) is 89.0 cm³/mol. The van der Waals surface area contributed by atoms with E-state index in [1.54, 1.807) is 6.21 Å². The SMILES string of the molecule is CCOc1ccc(Cl)cc1C=Nc1ccc(I)cc1. The van der Waals surface area contributed by atoms with Crippen LogP contribution < -0.4 is 4.74 Å². The lowest BCUT2D eigenvalue weighted by atomic mass is 10.2. The van der Waals surface area contributed by atoms with Crippen molar-refractivity contribution in [2.45, 2.75) is 6.92 Å². The van der Waals surface area contributed by atoms with E-state index in [9.17, 15) is 0 Å². The third-order valence-electron chi connectivity index (χ3n) is 2.45. The number of rotatable bonds is 4. The molecule has 0 aliphatic rings. The Kier molecular flexibility index (Phi) is 5.22. The zero-order valence-corrected chi connectivity index (χ0v) is 13.4. The average Bonchev–Trinajstić information content (AvgIpc) is 2.41. The molecule has 0 radical (unpaired) electrons. The Morgan fingerprint density at radius 2 is 1.95 bits per heavy atom. The molecule has 0 saturated carbocycles. The molecule has 0 amide bonds. The Balaban J connectivity index is 2.26. The van der Waals surface area contributed by atoms with Gasteiger partial charge in [-0.2, -0.15) is 0 Å². The van der Waals surface area contributed by atoms with Gasteiger partial charge in [0.1, 0.15) is 5.75 Å². The van der Waals surface area contributed by atoms with Crippen molar-refractivity contribution in [3.05, 3.63) is 56.6 Å². The minimum absolute atomic E-state index is 0.617. The van der Waals surface area contributed by atoms with E-state index >= 15 is 0 Å². The molecular weight excluding hydrogens is 373 g/mol. The fourth-order valence-electron chi connectivity index (χ4n) is 1.58. The highest BCUT2D eigenvalue weighted by atomic mass is 127. The van der Waals surface area contributed by atoms with Gasteiger partial charge in [-0.1, -0.05) is 11.6 Å². The van der Waals surface area contributed by atoms with Crippen LogP contribution in [0.5, 0.6) is 5.75 Å². The van der Waals surface area contributed by atoms with Gasteiger partial charge in [0.25, 0.3) is 0 Å². The van der Waals surface area contributed by atoms with Gasteiger partial charge in [-0.15, -0.1) is 0 Å². The summed E-state index contributed by atoms with van der Waals surface area (Å²) < 4.78 is 6.74. The lowest BCUT2D eigenvalue weighted by molar-refractivity contribution is 0.340. The highest BCUT2D eigenvalue weighted by Gasteiger charge is 2.02. The Bertz CT molecular complexity index is 581. The van der Waals surface area contributed by atoms with Gasteiger partial charge < -0.3 is 4.74 Å². The first-order chi connectivity index (χ1) is 9.19. The number of hydrogen-bond donors (Lipinski definition) is 0. The second-order valence-electron chi connectivity index (χ2n) is 3.85. The molecule has 0 N–H and O–H groups in total. The normalized spacial score (nSPS) is 10.9. The first kappa shape index (κ1) is 14.3. The third-order valence-corrected chi connectivity index (χ3v) is 3.41. The zero-order valence-electron chi connectivity index (χ0n) is 10.4. The molecule has 0 aliphatic carbocycles. The molecule has 0 saturated heterocycles. The molecule has 0 heterocycles. The summed E-state index contributed by atoms with van der Waals surface area (Å²) in [4.78, 5) is 4.43. The lowest BCUT2D eigenvalue weighted by Gasteiger charge is -2.06. The van der Waals surface area contributed by atoms with Gasteiger partial charge in [-0.05, 0) is 72.0 Å². The number of hydrogen-bond acceptors (Lipinski definition) is 2. The van der Waals surface area contributed by atoms with E-state index < -0.39 is 0 Å². The fourth-order valence-corrected chi connectivity index (χ4v) is 2.12. The first-order valence-corrected chi connectivity index (χ1v) is 7.36. The van der Waals surface area contributed by atoms with E-state index in [1.165, 1.54) is 3.57 Å². The molecule has 2 aromatic carbocycles. The van der Waals surface area contributed by atoms with Crippen LogP contribution in [0.25, 0.3) is 0 Å². The van der Waals surface area contributed by atoms with Crippen molar-refractivity contribution in [3.8, 4) is 5.75 Å². The number of nitrogens with zero attached hydrogens (tertiary/aromatic N) is 1. The second kappa shape index (κ2) is 6.91. The largest absolute Gasteiger partial charge is 0.493 e. The van der Waals surface area contributed by atoms with Crippen LogP contribution in [0.1, 0.15) is 12.5 Å². The standard InChI is InChI=1S/C15H13ClINO/c1-2-19-15-8-3-12(16)9-11(15)10-18-14-6-4-13(17)5-7-14/h3-10H,2H2,1H3. The van der Waals surface area contributed by atoms with E-state index in [0.717, 1.165) is 17.0 Å². The van der Waals surface area contributed by atoms with Crippen LogP contribution in [0.2, 0.25) is 5.02 Å². The summed E-state index contributed by atoms with van der Waals surface area (Å²) in [5.74, 6) is 0.793. The molecule has 98 valence electrons. The van der Waals surface area contributed by atoms with Crippen molar-refractivity contribution in [1.82, 2.24) is 0 Å². The maximum atomic E-state index is 6.00. The molecule has 0 aliphatic heterocycles. The van der Waals surface area contributed by atoms with Gasteiger partial charge in [0.2, 0.25) is 0 Å². The Hall–Kier alpha value is -1.07. The summed E-state index contributed by atoms with van der Waals surface area (Å²) in [6.07, 6.45) is 1.78. The Morgan fingerprint density at radius 3 is 2.63 bits per heavy atom. The van der Waals surface area contributed by atoms with Gasteiger partial charge in [0.15, 0.2) is 0 Å². The van der Waals surface area contributed by atoms with Crippen molar-refractivity contribution >= 4 is 46.1 Å². The topological polar surface area (TPSA) is 21.6 Å². The summed E-state index contributed by atoms with van der Waals surface area (Å²) in [6.45, 7) is 2.57. The van der Waals surface area contributed by atoms with Gasteiger partial charge in [0, 0.05) is 20.4 Å². The summed E-state index contributed by atoms with van der Waals surface area (Å²) in [5.41, 5.74) is 1.79. The van der Waals surface area contributed by atoms with Crippen LogP contribution in [0.3, 0.4) is 0 Å². The van der Waals surface area contributed by atoms with Crippen LogP contribution in [0.4, 0.5) is 5.69 Å². The minimum atomic E-state index is 0.617. The van der Waals surface area contributed by atoms with Crippen molar-refractivity contribution in [2.75, 3.05) is 6.61 Å². The molecule has 2 nitrogen and oxygen atoms in total. The Labute approximate surface area is 131 Å². The smallest absolute Gasteiger partial charge is 0.128 e. The average molecular weight is 386 g/mol. The van der Waals surface area contributed by atoms with E-state index in [1.807, 2.05) is 49.4 Å². The quantitative estimate of drug-likeness (QED) is 0.530. The molecule has 0 fully saturated rings. The second-order valence-corrected chi connectivity index (χ2v) is 5.53. The van der Waals surface area contributed by atoms with Crippen LogP contribution in [0.15, 0.2) is 47.5 Å². The van der Waals surface area contributed by atoms with Crippen LogP contribution in [-0.4, -0.2) is 12.8 Å². The van der Waals surface area contributed by atoms with Crippen molar-refractivity contribution in [1.29, 1.82) is 0 Å². The van der Waals surface area contributed by atoms with Crippen LogP contribution >= 0.6 is 34.2 Å². The van der Waals surface area contributed by atoms with Gasteiger partial charge >= 0.3 is 0 Å². The van der Waals surface area contributed by atoms with Crippen LogP contribution in [0, 0.1) is 3.57 Å². The van der Waals surface area contributed by atoms with E-state index in [0.29, 0.717) is 11.6 Å². The van der Waals surface area contributed by atoms with Crippen molar-refractivity contribution in [2.24, 2.45) is 4.99 Å². The summed E-state index contributed by atoms with van der Waals surface area (Å²) in [7, 11) is 0. The number of benzene rings is 2. The molecular formula is C15H13ClINO. The van der Waals surface area contributed by atoms with Crippen molar-refractivity contribution < 1.29 is 4.74 Å². The number of halogens is 2. The lowest BCUT2D eigenvalue weighted by Crippen LogP contribution is -1.95. The highest BCUT2D eigenvalue weighted by molar-refractivity contribution is 14.1. The summed E-state index contributed by atoms with van der Waals surface area (Å²) in [5, 5.41) is 0.674. The maximum absolute atomic E-state index is 6.00. The number of ether oxygens (including phenoxy) is 1. The van der Waals surface area contributed by atoms with E-state index in [4.69, 9.17) is 16.3 Å². The first-order valence-electron chi connectivity index (χ1n) is 5.91. The van der Waals surface area contributed by atoms with E-state index in [-0.39, 0.29) is 0 Å². The monoisotopic (exact) mass is 385 g/mol. The molecule has 2 aromatic rings. The van der Waals surface area contributed by atoms with Gasteiger partial charge in [-0.25, -0.2) is 0 Å². The molecule has 0 aromatic heterocycles. The molecule has 0 unspecified atom stereocenters. The van der Waals surface area contributed by atoms with Crippen LogP contribution in [-0.2, 0) is 0 Å². The van der Waals surface area contributed by atoms with Crippen molar-refractivity contribution in [3.63, 3.8) is 0 Å². The molecule has 2 rings (SSSR count). The molecule has 0 spiro atoms. The van der Waals surface area contributed by atoms with Gasteiger partial charge in [0.05, 0.1) is 12.3 Å². The summed E-state index contributed by atoms with van der Waals surface area (Å²) in [6, 6.07) is 13.5. The highest BCUT2D eigenvalue weighted by Crippen LogP contribution is 2.22. The molecule has 19 heavy (non-hydrogen) atoms. The third kappa shape index (κ3) is 4.21. The van der Waals surface area contributed by atoms with E-state index in [2.05, 4.69) is 27.6 Å². The molecule has 0 atom stereocenters. The van der Waals surface area contributed by atoms with Gasteiger partial charge in [-0.3, -0.25) is 4.99 Å². The predicted octanol–water partition coefficient (Wildman–Crippen LogP) is 5.09.